The normalized spacial score (nSPS) is 10.6. The molecular formula is C8H9N3O2S. The predicted molar refractivity (Wildman–Crippen MR) is 57.2 cm³/mol. The minimum Gasteiger partial charge on any atom is -0.372 e. The van der Waals surface area contributed by atoms with Gasteiger partial charge in [-0.1, -0.05) is 11.5 Å². The van der Waals surface area contributed by atoms with Crippen molar-refractivity contribution in [2.45, 2.75) is 6.92 Å². The number of H-pyrrole nitrogens is 2. The standard InChI is InChI=1S/C8H9N3O2S/c1-2-9-5-3-4(12)7-6(10-5)8(13)11-14-7/h3H,2H2,1H3,(H,11,13)(H2,9,10,12). The van der Waals surface area contributed by atoms with E-state index in [1.807, 2.05) is 6.92 Å². The Balaban J connectivity index is 2.76. The maximum Gasteiger partial charge on any atom is 0.282 e. The summed E-state index contributed by atoms with van der Waals surface area (Å²) in [7, 11) is 0. The molecule has 0 saturated carbocycles. The van der Waals surface area contributed by atoms with Gasteiger partial charge in [-0.15, -0.1) is 0 Å². The Morgan fingerprint density at radius 1 is 1.50 bits per heavy atom. The van der Waals surface area contributed by atoms with Gasteiger partial charge in [0.05, 0.1) is 0 Å². The van der Waals surface area contributed by atoms with Crippen molar-refractivity contribution in [3.05, 3.63) is 26.6 Å². The molecule has 74 valence electrons. The highest BCUT2D eigenvalue weighted by Gasteiger charge is 2.06. The summed E-state index contributed by atoms with van der Waals surface area (Å²) < 4.78 is 2.96. The molecule has 2 aromatic rings. The Labute approximate surface area is 82.9 Å². The lowest BCUT2D eigenvalue weighted by molar-refractivity contribution is 1.17. The van der Waals surface area contributed by atoms with Gasteiger partial charge in [0.1, 0.15) is 16.0 Å². The fraction of sp³-hybridized carbons (Fsp3) is 0.250. The summed E-state index contributed by atoms with van der Waals surface area (Å²) in [6.07, 6.45) is 0. The molecule has 0 amide bonds. The van der Waals surface area contributed by atoms with E-state index in [4.69, 9.17) is 0 Å². The SMILES string of the molecule is CCNc1cc(=O)c2s[nH]c(=O)c2[nH]1. The van der Waals surface area contributed by atoms with Crippen LogP contribution in [-0.4, -0.2) is 15.9 Å². The second-order valence-corrected chi connectivity index (χ2v) is 3.63. The topological polar surface area (TPSA) is 77.8 Å². The number of rotatable bonds is 2. The Hall–Kier alpha value is -1.56. The second kappa shape index (κ2) is 3.30. The smallest absolute Gasteiger partial charge is 0.282 e. The largest absolute Gasteiger partial charge is 0.372 e. The molecule has 0 spiro atoms. The highest BCUT2D eigenvalue weighted by atomic mass is 32.1. The van der Waals surface area contributed by atoms with Crippen molar-refractivity contribution >= 4 is 27.6 Å². The van der Waals surface area contributed by atoms with Crippen molar-refractivity contribution in [2.75, 3.05) is 11.9 Å². The molecule has 0 radical (unpaired) electrons. The number of aromatic amines is 2. The first kappa shape index (κ1) is 9.01. The molecule has 0 aliphatic carbocycles. The third-order valence-electron chi connectivity index (χ3n) is 1.83. The minimum atomic E-state index is -0.248. The molecule has 0 fully saturated rings. The minimum absolute atomic E-state index is 0.141. The number of aromatic nitrogens is 2. The molecule has 2 heterocycles. The summed E-state index contributed by atoms with van der Waals surface area (Å²) >= 11 is 1.06. The first-order valence-electron chi connectivity index (χ1n) is 4.20. The second-order valence-electron chi connectivity index (χ2n) is 2.81. The zero-order valence-corrected chi connectivity index (χ0v) is 8.33. The lowest BCUT2D eigenvalue weighted by Crippen LogP contribution is -2.09. The average molecular weight is 211 g/mol. The molecule has 5 nitrogen and oxygen atoms in total. The van der Waals surface area contributed by atoms with E-state index in [-0.39, 0.29) is 11.0 Å². The maximum absolute atomic E-state index is 11.5. The molecule has 14 heavy (non-hydrogen) atoms. The van der Waals surface area contributed by atoms with Gasteiger partial charge in [0.25, 0.3) is 5.56 Å². The molecule has 0 atom stereocenters. The lowest BCUT2D eigenvalue weighted by Gasteiger charge is -2.01. The van der Waals surface area contributed by atoms with Crippen molar-refractivity contribution in [3.8, 4) is 0 Å². The van der Waals surface area contributed by atoms with E-state index < -0.39 is 0 Å². The van der Waals surface area contributed by atoms with Crippen LogP contribution in [0.15, 0.2) is 15.7 Å². The van der Waals surface area contributed by atoms with Crippen molar-refractivity contribution in [1.29, 1.82) is 0 Å². The van der Waals surface area contributed by atoms with Crippen molar-refractivity contribution in [2.24, 2.45) is 0 Å². The first-order valence-corrected chi connectivity index (χ1v) is 5.02. The summed E-state index contributed by atoms with van der Waals surface area (Å²) in [5, 5.41) is 2.95. The maximum atomic E-state index is 11.5. The fourth-order valence-corrected chi connectivity index (χ4v) is 1.94. The molecule has 3 N–H and O–H groups in total. The molecule has 2 aromatic heterocycles. The van der Waals surface area contributed by atoms with Gasteiger partial charge in [-0.25, -0.2) is 0 Å². The van der Waals surface area contributed by atoms with E-state index in [0.29, 0.717) is 22.6 Å². The third kappa shape index (κ3) is 1.33. The van der Waals surface area contributed by atoms with Crippen LogP contribution in [0, 0.1) is 0 Å². The summed E-state index contributed by atoms with van der Waals surface area (Å²) in [5.41, 5.74) is -0.0432. The van der Waals surface area contributed by atoms with Gasteiger partial charge in [0, 0.05) is 12.6 Å². The highest BCUT2D eigenvalue weighted by Crippen LogP contribution is 2.09. The van der Waals surface area contributed by atoms with Crippen LogP contribution in [0.3, 0.4) is 0 Å². The van der Waals surface area contributed by atoms with Crippen LogP contribution in [0.2, 0.25) is 0 Å². The van der Waals surface area contributed by atoms with Crippen molar-refractivity contribution in [1.82, 2.24) is 9.36 Å². The van der Waals surface area contributed by atoms with E-state index >= 15 is 0 Å². The van der Waals surface area contributed by atoms with Crippen molar-refractivity contribution < 1.29 is 0 Å². The number of hydrogen-bond acceptors (Lipinski definition) is 4. The van der Waals surface area contributed by atoms with Crippen LogP contribution in [0.1, 0.15) is 6.92 Å². The molecule has 0 aliphatic rings. The molecule has 0 aliphatic heterocycles. The van der Waals surface area contributed by atoms with Gasteiger partial charge >= 0.3 is 0 Å². The summed E-state index contributed by atoms with van der Waals surface area (Å²) in [6, 6.07) is 1.45. The third-order valence-corrected chi connectivity index (χ3v) is 2.72. The van der Waals surface area contributed by atoms with Crippen LogP contribution in [-0.2, 0) is 0 Å². The van der Waals surface area contributed by atoms with Gasteiger partial charge < -0.3 is 10.3 Å². The molecule has 0 bridgehead atoms. The summed E-state index contributed by atoms with van der Waals surface area (Å²) in [4.78, 5) is 25.6. The zero-order chi connectivity index (χ0) is 10.1. The Morgan fingerprint density at radius 3 is 3.00 bits per heavy atom. The van der Waals surface area contributed by atoms with E-state index in [2.05, 4.69) is 14.7 Å². The highest BCUT2D eigenvalue weighted by molar-refractivity contribution is 7.13. The lowest BCUT2D eigenvalue weighted by atomic mass is 10.4. The van der Waals surface area contributed by atoms with Crippen LogP contribution < -0.4 is 16.3 Å². The fourth-order valence-electron chi connectivity index (χ4n) is 1.24. The van der Waals surface area contributed by atoms with Gasteiger partial charge in [0.15, 0.2) is 0 Å². The molecular weight excluding hydrogens is 202 g/mol. The molecule has 6 heteroatoms. The molecule has 0 saturated heterocycles. The van der Waals surface area contributed by atoms with Gasteiger partial charge in [0.2, 0.25) is 5.43 Å². The van der Waals surface area contributed by atoms with Gasteiger partial charge in [-0.2, -0.15) is 0 Å². The van der Waals surface area contributed by atoms with E-state index in [1.54, 1.807) is 0 Å². The number of anilines is 1. The monoisotopic (exact) mass is 211 g/mol. The average Bonchev–Trinajstić information content (AvgIpc) is 2.49. The van der Waals surface area contributed by atoms with Crippen LogP contribution in [0.5, 0.6) is 0 Å². The van der Waals surface area contributed by atoms with Crippen LogP contribution >= 0.6 is 11.5 Å². The molecule has 0 aromatic carbocycles. The molecule has 2 rings (SSSR count). The number of nitrogens with one attached hydrogen (secondary N) is 3. The van der Waals surface area contributed by atoms with Crippen molar-refractivity contribution in [3.63, 3.8) is 0 Å². The van der Waals surface area contributed by atoms with Crippen LogP contribution in [0.25, 0.3) is 10.2 Å². The Bertz CT molecular complexity index is 566. The van der Waals surface area contributed by atoms with E-state index in [0.717, 1.165) is 11.5 Å². The Morgan fingerprint density at radius 2 is 2.29 bits per heavy atom. The van der Waals surface area contributed by atoms with Gasteiger partial charge in [-0.05, 0) is 6.92 Å². The number of hydrogen-bond donors (Lipinski definition) is 3. The summed E-state index contributed by atoms with van der Waals surface area (Å²) in [6.45, 7) is 2.61. The van der Waals surface area contributed by atoms with Crippen LogP contribution in [0.4, 0.5) is 5.82 Å². The number of pyridine rings is 1. The first-order chi connectivity index (χ1) is 6.72. The Kier molecular flexibility index (Phi) is 2.12. The number of fused-ring (bicyclic) bond motifs is 1. The molecule has 0 unspecified atom stereocenters. The van der Waals surface area contributed by atoms with E-state index in [9.17, 15) is 9.59 Å². The van der Waals surface area contributed by atoms with Gasteiger partial charge in [-0.3, -0.25) is 14.0 Å². The quantitative estimate of drug-likeness (QED) is 0.684. The summed E-state index contributed by atoms with van der Waals surface area (Å²) in [5.74, 6) is 0.578. The van der Waals surface area contributed by atoms with E-state index in [1.165, 1.54) is 6.07 Å². The predicted octanol–water partition coefficient (Wildman–Crippen LogP) is 0.710. The zero-order valence-electron chi connectivity index (χ0n) is 7.51.